The summed E-state index contributed by atoms with van der Waals surface area (Å²) in [5.41, 5.74) is 7.21. The third kappa shape index (κ3) is 1.80. The molecule has 0 radical (unpaired) electrons. The van der Waals surface area contributed by atoms with Gasteiger partial charge in [0.15, 0.2) is 0 Å². The maximum atomic E-state index is 12.7. The van der Waals surface area contributed by atoms with Gasteiger partial charge in [-0.2, -0.15) is 0 Å². The van der Waals surface area contributed by atoms with E-state index >= 15 is 0 Å². The number of rotatable bonds is 0. The van der Waals surface area contributed by atoms with Crippen LogP contribution in [-0.4, -0.2) is 10.8 Å². The highest BCUT2D eigenvalue weighted by atomic mass is 16.2. The normalized spacial score (nSPS) is 27.8. The molecular formula is C22H23NO. The van der Waals surface area contributed by atoms with Crippen LogP contribution in [0.5, 0.6) is 0 Å². The lowest BCUT2D eigenvalue weighted by Crippen LogP contribution is -2.49. The van der Waals surface area contributed by atoms with Crippen LogP contribution in [0.1, 0.15) is 59.5 Å². The van der Waals surface area contributed by atoms with Crippen LogP contribution >= 0.6 is 0 Å². The van der Waals surface area contributed by atoms with Crippen molar-refractivity contribution < 1.29 is 4.79 Å². The standard InChI is InChI=1S/C22H23NO/c1-15-8-9-16-6-4-11-22(19(16)13-15)12-10-20(24)23-14-17-5-2-3-7-18(17)21(22)23/h2-3,5,7-9,13,21H,4,6,10-12,14H2,1H3/t21-,22+/m1/s1. The highest BCUT2D eigenvalue weighted by Gasteiger charge is 2.53. The molecule has 1 spiro atoms. The lowest BCUT2D eigenvalue weighted by Gasteiger charge is -2.50. The Hall–Kier alpha value is -2.09. The zero-order valence-electron chi connectivity index (χ0n) is 14.2. The summed E-state index contributed by atoms with van der Waals surface area (Å²) in [5, 5.41) is 0. The van der Waals surface area contributed by atoms with E-state index in [1.54, 1.807) is 0 Å². The highest BCUT2D eigenvalue weighted by molar-refractivity contribution is 5.80. The fourth-order valence-electron chi connectivity index (χ4n) is 5.47. The Bertz CT molecular complexity index is 840. The Morgan fingerprint density at radius 2 is 1.92 bits per heavy atom. The zero-order chi connectivity index (χ0) is 16.3. The van der Waals surface area contributed by atoms with Crippen molar-refractivity contribution >= 4 is 5.91 Å². The molecule has 0 saturated carbocycles. The molecule has 122 valence electrons. The van der Waals surface area contributed by atoms with Crippen molar-refractivity contribution in [3.8, 4) is 0 Å². The van der Waals surface area contributed by atoms with Crippen LogP contribution in [-0.2, 0) is 23.2 Å². The summed E-state index contributed by atoms with van der Waals surface area (Å²) in [4.78, 5) is 14.8. The number of hydrogen-bond acceptors (Lipinski definition) is 1. The Morgan fingerprint density at radius 3 is 2.83 bits per heavy atom. The maximum absolute atomic E-state index is 12.7. The van der Waals surface area contributed by atoms with Crippen LogP contribution in [0.4, 0.5) is 0 Å². The lowest BCUT2D eigenvalue weighted by atomic mass is 9.60. The predicted molar refractivity (Wildman–Crippen MR) is 94.8 cm³/mol. The molecule has 5 rings (SSSR count). The summed E-state index contributed by atoms with van der Waals surface area (Å²) in [5.74, 6) is 0.335. The molecule has 1 fully saturated rings. The summed E-state index contributed by atoms with van der Waals surface area (Å²) in [6, 6.07) is 15.9. The number of piperidine rings is 1. The fraction of sp³-hybridized carbons (Fsp3) is 0.409. The van der Waals surface area contributed by atoms with Crippen molar-refractivity contribution in [2.45, 2.75) is 57.0 Å². The SMILES string of the molecule is Cc1ccc2c(c1)[C@]1(CCC2)CCC(=O)N2Cc3ccccc3[C@@H]21. The number of nitrogens with zero attached hydrogens (tertiary/aromatic N) is 1. The van der Waals surface area contributed by atoms with E-state index < -0.39 is 0 Å². The summed E-state index contributed by atoms with van der Waals surface area (Å²) in [6.07, 6.45) is 5.30. The smallest absolute Gasteiger partial charge is 0.223 e. The van der Waals surface area contributed by atoms with Gasteiger partial charge in [-0.15, -0.1) is 0 Å². The quantitative estimate of drug-likeness (QED) is 0.703. The number of amides is 1. The minimum atomic E-state index is 0.111. The van der Waals surface area contributed by atoms with E-state index in [1.807, 2.05) is 0 Å². The van der Waals surface area contributed by atoms with Gasteiger partial charge in [-0.3, -0.25) is 4.79 Å². The first-order valence-electron chi connectivity index (χ1n) is 9.16. The number of aryl methyl sites for hydroxylation is 2. The topological polar surface area (TPSA) is 20.3 Å². The van der Waals surface area contributed by atoms with E-state index in [-0.39, 0.29) is 11.5 Å². The Labute approximate surface area is 143 Å². The molecule has 0 unspecified atom stereocenters. The van der Waals surface area contributed by atoms with Crippen LogP contribution in [0.3, 0.4) is 0 Å². The fourth-order valence-corrected chi connectivity index (χ4v) is 5.47. The van der Waals surface area contributed by atoms with Crippen molar-refractivity contribution in [2.75, 3.05) is 0 Å². The molecular weight excluding hydrogens is 294 g/mol. The summed E-state index contributed by atoms with van der Waals surface area (Å²) < 4.78 is 0. The molecule has 2 aromatic rings. The molecule has 0 bridgehead atoms. The minimum absolute atomic E-state index is 0.111. The van der Waals surface area contributed by atoms with Crippen molar-refractivity contribution in [2.24, 2.45) is 0 Å². The molecule has 1 aliphatic carbocycles. The molecule has 3 aliphatic rings. The van der Waals surface area contributed by atoms with Gasteiger partial charge in [0.2, 0.25) is 5.91 Å². The van der Waals surface area contributed by atoms with E-state index in [0.717, 1.165) is 13.0 Å². The molecule has 2 aliphatic heterocycles. The van der Waals surface area contributed by atoms with E-state index in [9.17, 15) is 4.79 Å². The minimum Gasteiger partial charge on any atom is -0.330 e. The van der Waals surface area contributed by atoms with Crippen LogP contribution < -0.4 is 0 Å². The van der Waals surface area contributed by atoms with Gasteiger partial charge in [-0.1, -0.05) is 48.0 Å². The molecule has 24 heavy (non-hydrogen) atoms. The summed E-state index contributed by atoms with van der Waals surface area (Å²) in [7, 11) is 0. The van der Waals surface area contributed by atoms with E-state index in [2.05, 4.69) is 54.3 Å². The third-order valence-corrected chi connectivity index (χ3v) is 6.50. The van der Waals surface area contributed by atoms with Crippen molar-refractivity contribution in [1.29, 1.82) is 0 Å². The Morgan fingerprint density at radius 1 is 1.04 bits per heavy atom. The van der Waals surface area contributed by atoms with Crippen LogP contribution in [0, 0.1) is 6.92 Å². The molecule has 0 N–H and O–H groups in total. The molecule has 2 atom stereocenters. The summed E-state index contributed by atoms with van der Waals surface area (Å²) >= 11 is 0. The average Bonchev–Trinajstić information content (AvgIpc) is 3.00. The first-order valence-corrected chi connectivity index (χ1v) is 9.16. The lowest BCUT2D eigenvalue weighted by molar-refractivity contribution is -0.140. The summed E-state index contributed by atoms with van der Waals surface area (Å²) in [6.45, 7) is 2.99. The van der Waals surface area contributed by atoms with Crippen LogP contribution in [0.15, 0.2) is 42.5 Å². The maximum Gasteiger partial charge on any atom is 0.223 e. The Balaban J connectivity index is 1.75. The molecule has 1 saturated heterocycles. The first-order chi connectivity index (χ1) is 11.7. The van der Waals surface area contributed by atoms with Crippen molar-refractivity contribution in [1.82, 2.24) is 4.90 Å². The van der Waals surface area contributed by atoms with Gasteiger partial charge in [0, 0.05) is 18.4 Å². The van der Waals surface area contributed by atoms with E-state index in [0.29, 0.717) is 12.3 Å². The predicted octanol–water partition coefficient (Wildman–Crippen LogP) is 4.45. The highest BCUT2D eigenvalue weighted by Crippen LogP contribution is 2.57. The van der Waals surface area contributed by atoms with Gasteiger partial charge in [-0.25, -0.2) is 0 Å². The average molecular weight is 317 g/mol. The zero-order valence-corrected chi connectivity index (χ0v) is 14.2. The van der Waals surface area contributed by atoms with Gasteiger partial charge < -0.3 is 4.90 Å². The first kappa shape index (κ1) is 14.3. The number of carbonyl (C=O) groups is 1. The number of hydrogen-bond donors (Lipinski definition) is 0. The second-order valence-electron chi connectivity index (χ2n) is 7.79. The molecule has 1 amide bonds. The second-order valence-corrected chi connectivity index (χ2v) is 7.79. The molecule has 2 heteroatoms. The van der Waals surface area contributed by atoms with Gasteiger partial charge in [0.25, 0.3) is 0 Å². The van der Waals surface area contributed by atoms with Gasteiger partial charge in [0.05, 0.1) is 6.04 Å². The van der Waals surface area contributed by atoms with Crippen LogP contribution in [0.25, 0.3) is 0 Å². The van der Waals surface area contributed by atoms with Crippen LogP contribution in [0.2, 0.25) is 0 Å². The van der Waals surface area contributed by atoms with E-state index in [4.69, 9.17) is 0 Å². The van der Waals surface area contributed by atoms with Crippen molar-refractivity contribution in [3.05, 3.63) is 70.3 Å². The number of benzene rings is 2. The second kappa shape index (κ2) is 4.95. The number of carbonyl (C=O) groups excluding carboxylic acids is 1. The molecule has 0 aromatic heterocycles. The van der Waals surface area contributed by atoms with E-state index in [1.165, 1.54) is 47.1 Å². The molecule has 2 aromatic carbocycles. The van der Waals surface area contributed by atoms with Gasteiger partial charge in [-0.05, 0) is 54.9 Å². The third-order valence-electron chi connectivity index (χ3n) is 6.50. The van der Waals surface area contributed by atoms with Gasteiger partial charge >= 0.3 is 0 Å². The molecule has 2 heterocycles. The van der Waals surface area contributed by atoms with Gasteiger partial charge in [0.1, 0.15) is 0 Å². The monoisotopic (exact) mass is 317 g/mol. The largest absolute Gasteiger partial charge is 0.330 e. The molecule has 2 nitrogen and oxygen atoms in total. The number of fused-ring (bicyclic) bond motifs is 6. The van der Waals surface area contributed by atoms with Crippen molar-refractivity contribution in [3.63, 3.8) is 0 Å². The Kier molecular flexibility index (Phi) is 2.94.